The summed E-state index contributed by atoms with van der Waals surface area (Å²) in [5, 5.41) is 6.74. The van der Waals surface area contributed by atoms with Crippen molar-refractivity contribution in [2.24, 2.45) is 18.7 Å². The summed E-state index contributed by atoms with van der Waals surface area (Å²) in [7, 11) is -2.15. The maximum absolute atomic E-state index is 12.4. The fraction of sp³-hybridized carbons (Fsp3) is 0.733. The first kappa shape index (κ1) is 21.9. The van der Waals surface area contributed by atoms with Crippen LogP contribution in [0.4, 0.5) is 0 Å². The fourth-order valence-electron chi connectivity index (χ4n) is 3.11. The molecule has 8 nitrogen and oxygen atoms in total. The van der Waals surface area contributed by atoms with Crippen molar-refractivity contribution in [1.29, 1.82) is 0 Å². The number of carbonyl (C=O) groups is 1. The Kier molecular flexibility index (Phi) is 8.33. The molecule has 0 spiro atoms. The summed E-state index contributed by atoms with van der Waals surface area (Å²) in [4.78, 5) is 12.4. The Hall–Kier alpha value is -1.16. The maximum Gasteiger partial charge on any atom is 0.244 e. The second kappa shape index (κ2) is 9.51. The van der Waals surface area contributed by atoms with Gasteiger partial charge in [-0.2, -0.15) is 9.82 Å². The SMILES string of the molecule is CC(NS(=O)(=O)c1cnn(C)c1)C(=O)NC(CN)C1CCCCC1.Cl. The van der Waals surface area contributed by atoms with E-state index in [0.717, 1.165) is 25.7 Å². The van der Waals surface area contributed by atoms with Crippen LogP contribution in [-0.2, 0) is 21.9 Å². The molecule has 0 radical (unpaired) electrons. The molecule has 1 fully saturated rings. The van der Waals surface area contributed by atoms with Crippen molar-refractivity contribution in [2.45, 2.75) is 56.0 Å². The molecular formula is C15H28ClN5O3S. The van der Waals surface area contributed by atoms with E-state index in [4.69, 9.17) is 5.73 Å². The number of nitrogens with zero attached hydrogens (tertiary/aromatic N) is 2. The zero-order valence-electron chi connectivity index (χ0n) is 14.6. The third-order valence-electron chi connectivity index (χ3n) is 4.52. The minimum atomic E-state index is -3.78. The van der Waals surface area contributed by atoms with Gasteiger partial charge in [-0.3, -0.25) is 9.48 Å². The second-order valence-corrected chi connectivity index (χ2v) is 8.16. The number of halogens is 1. The summed E-state index contributed by atoms with van der Waals surface area (Å²) < 4.78 is 28.3. The van der Waals surface area contributed by atoms with E-state index in [1.807, 2.05) is 0 Å². The molecule has 1 aromatic rings. The van der Waals surface area contributed by atoms with Crippen LogP contribution in [0.3, 0.4) is 0 Å². The Morgan fingerprint density at radius 3 is 2.56 bits per heavy atom. The average molecular weight is 394 g/mol. The van der Waals surface area contributed by atoms with Crippen molar-refractivity contribution in [2.75, 3.05) is 6.54 Å². The van der Waals surface area contributed by atoms with Crippen LogP contribution in [0.1, 0.15) is 39.0 Å². The molecule has 2 rings (SSSR count). The Bertz CT molecular complexity index is 658. The van der Waals surface area contributed by atoms with E-state index in [2.05, 4.69) is 15.1 Å². The monoisotopic (exact) mass is 393 g/mol. The van der Waals surface area contributed by atoms with E-state index < -0.39 is 16.1 Å². The van der Waals surface area contributed by atoms with E-state index in [0.29, 0.717) is 12.5 Å². The molecule has 2 unspecified atom stereocenters. The van der Waals surface area contributed by atoms with Gasteiger partial charge in [0, 0.05) is 25.8 Å². The number of aryl methyl sites for hydroxylation is 1. The van der Waals surface area contributed by atoms with E-state index in [1.54, 1.807) is 7.05 Å². The van der Waals surface area contributed by atoms with Gasteiger partial charge >= 0.3 is 0 Å². The third kappa shape index (κ3) is 5.95. The number of nitrogens with one attached hydrogen (secondary N) is 2. The van der Waals surface area contributed by atoms with Crippen LogP contribution in [0.5, 0.6) is 0 Å². The lowest BCUT2D eigenvalue weighted by atomic mass is 9.84. The summed E-state index contributed by atoms with van der Waals surface area (Å²) in [6.45, 7) is 1.89. The molecule has 4 N–H and O–H groups in total. The van der Waals surface area contributed by atoms with Crippen LogP contribution in [0.15, 0.2) is 17.3 Å². The maximum atomic E-state index is 12.4. The zero-order chi connectivity index (χ0) is 17.7. The number of carbonyl (C=O) groups excluding carboxylic acids is 1. The first-order chi connectivity index (χ1) is 11.3. The first-order valence-electron chi connectivity index (χ1n) is 8.35. The van der Waals surface area contributed by atoms with Crippen molar-refractivity contribution in [3.05, 3.63) is 12.4 Å². The van der Waals surface area contributed by atoms with Crippen LogP contribution in [0.25, 0.3) is 0 Å². The Labute approximate surface area is 155 Å². The van der Waals surface area contributed by atoms with E-state index in [-0.39, 0.29) is 29.3 Å². The molecule has 0 aliphatic heterocycles. The highest BCUT2D eigenvalue weighted by Gasteiger charge is 2.28. The lowest BCUT2D eigenvalue weighted by Crippen LogP contribution is -2.52. The van der Waals surface area contributed by atoms with Gasteiger partial charge in [-0.05, 0) is 25.7 Å². The molecule has 1 aliphatic rings. The van der Waals surface area contributed by atoms with Gasteiger partial charge in [-0.15, -0.1) is 12.4 Å². The summed E-state index contributed by atoms with van der Waals surface area (Å²) in [5.74, 6) is 0.0123. The van der Waals surface area contributed by atoms with Crippen LogP contribution in [0, 0.1) is 5.92 Å². The number of hydrogen-bond donors (Lipinski definition) is 3. The standard InChI is InChI=1S/C15H27N5O3S.ClH/c1-11(19-24(22,23)13-9-17-20(2)10-13)15(21)18-14(8-16)12-6-4-3-5-7-12;/h9-12,14,19H,3-8,16H2,1-2H3,(H,18,21);1H. The Morgan fingerprint density at radius 1 is 1.40 bits per heavy atom. The zero-order valence-corrected chi connectivity index (χ0v) is 16.3. The molecule has 0 aromatic carbocycles. The lowest BCUT2D eigenvalue weighted by Gasteiger charge is -2.30. The molecule has 0 bridgehead atoms. The fourth-order valence-corrected chi connectivity index (χ4v) is 4.29. The highest BCUT2D eigenvalue weighted by Crippen LogP contribution is 2.26. The van der Waals surface area contributed by atoms with Gasteiger partial charge in [-0.1, -0.05) is 19.3 Å². The van der Waals surface area contributed by atoms with Crippen molar-refractivity contribution >= 4 is 28.3 Å². The van der Waals surface area contributed by atoms with Crippen molar-refractivity contribution in [3.8, 4) is 0 Å². The molecule has 1 heterocycles. The molecular weight excluding hydrogens is 366 g/mol. The van der Waals surface area contributed by atoms with Crippen LogP contribution in [-0.4, -0.2) is 42.7 Å². The summed E-state index contributed by atoms with van der Waals surface area (Å²) >= 11 is 0. The molecule has 0 saturated heterocycles. The van der Waals surface area contributed by atoms with Crippen LogP contribution < -0.4 is 15.8 Å². The number of sulfonamides is 1. The highest BCUT2D eigenvalue weighted by atomic mass is 35.5. The Balaban J connectivity index is 0.00000312. The molecule has 10 heteroatoms. The van der Waals surface area contributed by atoms with Gasteiger partial charge in [0.25, 0.3) is 0 Å². The lowest BCUT2D eigenvalue weighted by molar-refractivity contribution is -0.123. The molecule has 1 saturated carbocycles. The summed E-state index contributed by atoms with van der Waals surface area (Å²) in [6.07, 6.45) is 8.27. The molecule has 1 amide bonds. The predicted molar refractivity (Wildman–Crippen MR) is 97.8 cm³/mol. The summed E-state index contributed by atoms with van der Waals surface area (Å²) in [5.41, 5.74) is 5.81. The predicted octanol–water partition coefficient (Wildman–Crippen LogP) is 0.532. The van der Waals surface area contributed by atoms with Gasteiger partial charge in [-0.25, -0.2) is 8.42 Å². The second-order valence-electron chi connectivity index (χ2n) is 6.44. The molecule has 2 atom stereocenters. The van der Waals surface area contributed by atoms with Crippen LogP contribution in [0.2, 0.25) is 0 Å². The first-order valence-corrected chi connectivity index (χ1v) is 9.83. The number of hydrogen-bond acceptors (Lipinski definition) is 5. The number of rotatable bonds is 7. The Morgan fingerprint density at radius 2 is 2.04 bits per heavy atom. The third-order valence-corrected chi connectivity index (χ3v) is 6.01. The van der Waals surface area contributed by atoms with E-state index in [1.165, 1.54) is 30.4 Å². The summed E-state index contributed by atoms with van der Waals surface area (Å²) in [6, 6.07) is -0.990. The molecule has 1 aromatic heterocycles. The van der Waals surface area contributed by atoms with Gasteiger partial charge < -0.3 is 11.1 Å². The van der Waals surface area contributed by atoms with Crippen molar-refractivity contribution < 1.29 is 13.2 Å². The average Bonchev–Trinajstić information content (AvgIpc) is 3.00. The number of aromatic nitrogens is 2. The number of amides is 1. The van der Waals surface area contributed by atoms with Gasteiger partial charge in [0.05, 0.1) is 12.2 Å². The smallest absolute Gasteiger partial charge is 0.244 e. The minimum absolute atomic E-state index is 0. The molecule has 1 aliphatic carbocycles. The topological polar surface area (TPSA) is 119 Å². The van der Waals surface area contributed by atoms with Crippen molar-refractivity contribution in [3.63, 3.8) is 0 Å². The minimum Gasteiger partial charge on any atom is -0.350 e. The van der Waals surface area contributed by atoms with E-state index >= 15 is 0 Å². The largest absolute Gasteiger partial charge is 0.350 e. The molecule has 144 valence electrons. The highest BCUT2D eigenvalue weighted by molar-refractivity contribution is 7.89. The van der Waals surface area contributed by atoms with Gasteiger partial charge in [0.1, 0.15) is 4.90 Å². The quantitative estimate of drug-likeness (QED) is 0.624. The van der Waals surface area contributed by atoms with E-state index in [9.17, 15) is 13.2 Å². The van der Waals surface area contributed by atoms with Gasteiger partial charge in [0.2, 0.25) is 15.9 Å². The van der Waals surface area contributed by atoms with Gasteiger partial charge in [0.15, 0.2) is 0 Å². The van der Waals surface area contributed by atoms with Crippen molar-refractivity contribution in [1.82, 2.24) is 19.8 Å². The normalized spacial score (nSPS) is 18.2. The molecule has 25 heavy (non-hydrogen) atoms. The van der Waals surface area contributed by atoms with Crippen LogP contribution >= 0.6 is 12.4 Å². The number of nitrogens with two attached hydrogens (primary N) is 1.